The summed E-state index contributed by atoms with van der Waals surface area (Å²) in [7, 11) is 1.70. The maximum Gasteiger partial charge on any atom is 0.417 e. The molecule has 7 heteroatoms. The van der Waals surface area contributed by atoms with Gasteiger partial charge < -0.3 is 4.74 Å². The van der Waals surface area contributed by atoms with Gasteiger partial charge in [-0.05, 0) is 13.1 Å². The normalized spacial score (nSPS) is 11.4. The zero-order valence-electron chi connectivity index (χ0n) is 10.6. The molecule has 0 unspecified atom stereocenters. The van der Waals surface area contributed by atoms with Crippen molar-refractivity contribution in [1.29, 1.82) is 0 Å². The number of hydrogen-bond donors (Lipinski definition) is 1. The predicted octanol–water partition coefficient (Wildman–Crippen LogP) is 2.72. The van der Waals surface area contributed by atoms with E-state index in [2.05, 4.69) is 15.3 Å². The van der Waals surface area contributed by atoms with Crippen molar-refractivity contribution in [2.75, 3.05) is 13.8 Å². The van der Waals surface area contributed by atoms with Gasteiger partial charge in [0.05, 0.1) is 18.0 Å². The maximum absolute atomic E-state index is 12.9. The molecule has 0 saturated carbocycles. The minimum atomic E-state index is -4.44. The Labute approximate surface area is 113 Å². The molecular weight excluding hydrogens is 271 g/mol. The molecule has 0 fully saturated rings. The molecule has 0 atom stereocenters. The average molecular weight is 283 g/mol. The maximum atomic E-state index is 12.9. The third-order valence-corrected chi connectivity index (χ3v) is 2.48. The van der Waals surface area contributed by atoms with E-state index in [1.807, 2.05) is 0 Å². The number of nitrogens with zero attached hydrogens (tertiary/aromatic N) is 2. The zero-order chi connectivity index (χ0) is 14.6. The molecule has 0 amide bonds. The number of halogens is 3. The van der Waals surface area contributed by atoms with Gasteiger partial charge in [0.25, 0.3) is 0 Å². The first-order chi connectivity index (χ1) is 9.52. The van der Waals surface area contributed by atoms with Crippen LogP contribution >= 0.6 is 0 Å². The standard InChI is InChI=1S/C13H12F3N3O/c1-17-8-20-9-6-18-12(19-7-9)10-4-2-3-5-11(10)13(14,15)16/h2-7,17H,8H2,1H3. The van der Waals surface area contributed by atoms with Crippen LogP contribution in [0.15, 0.2) is 36.7 Å². The zero-order valence-corrected chi connectivity index (χ0v) is 10.6. The molecule has 1 aromatic carbocycles. The summed E-state index contributed by atoms with van der Waals surface area (Å²) in [6, 6.07) is 5.19. The minimum Gasteiger partial charge on any atom is -0.475 e. The summed E-state index contributed by atoms with van der Waals surface area (Å²) in [6.45, 7) is 0.266. The number of rotatable bonds is 4. The number of hydrogen-bond acceptors (Lipinski definition) is 4. The molecule has 20 heavy (non-hydrogen) atoms. The second-order valence-corrected chi connectivity index (χ2v) is 3.93. The summed E-state index contributed by atoms with van der Waals surface area (Å²) < 4.78 is 43.9. The molecule has 0 spiro atoms. The van der Waals surface area contributed by atoms with Gasteiger partial charge in [0.15, 0.2) is 11.6 Å². The van der Waals surface area contributed by atoms with Crippen LogP contribution in [0.2, 0.25) is 0 Å². The van der Waals surface area contributed by atoms with E-state index in [-0.39, 0.29) is 18.1 Å². The van der Waals surface area contributed by atoms with Crippen LogP contribution in [0.25, 0.3) is 11.4 Å². The Balaban J connectivity index is 2.33. The molecule has 0 bridgehead atoms. The van der Waals surface area contributed by atoms with Crippen LogP contribution in [0.3, 0.4) is 0 Å². The summed E-state index contributed by atoms with van der Waals surface area (Å²) in [6.07, 6.45) is -1.76. The van der Waals surface area contributed by atoms with Gasteiger partial charge in [0.2, 0.25) is 0 Å². The molecule has 0 aliphatic carbocycles. The molecule has 1 N–H and O–H groups in total. The molecule has 2 aromatic rings. The van der Waals surface area contributed by atoms with Crippen molar-refractivity contribution in [3.8, 4) is 17.1 Å². The van der Waals surface area contributed by atoms with Crippen molar-refractivity contribution < 1.29 is 17.9 Å². The Morgan fingerprint density at radius 2 is 1.80 bits per heavy atom. The second-order valence-electron chi connectivity index (χ2n) is 3.93. The smallest absolute Gasteiger partial charge is 0.417 e. The van der Waals surface area contributed by atoms with Crippen molar-refractivity contribution in [2.45, 2.75) is 6.18 Å². The fraction of sp³-hybridized carbons (Fsp3) is 0.231. The first-order valence-corrected chi connectivity index (χ1v) is 5.78. The van der Waals surface area contributed by atoms with Crippen molar-refractivity contribution in [3.05, 3.63) is 42.2 Å². The topological polar surface area (TPSA) is 47.0 Å². The number of aromatic nitrogens is 2. The lowest BCUT2D eigenvalue weighted by molar-refractivity contribution is -0.137. The third kappa shape index (κ3) is 3.24. The van der Waals surface area contributed by atoms with E-state index in [0.717, 1.165) is 6.07 Å². The lowest BCUT2D eigenvalue weighted by atomic mass is 10.1. The molecular formula is C13H12F3N3O. The van der Waals surface area contributed by atoms with Gasteiger partial charge in [-0.2, -0.15) is 13.2 Å². The highest BCUT2D eigenvalue weighted by Gasteiger charge is 2.33. The van der Waals surface area contributed by atoms with Crippen LogP contribution in [0.4, 0.5) is 13.2 Å². The highest BCUT2D eigenvalue weighted by Crippen LogP contribution is 2.35. The molecule has 0 saturated heterocycles. The Bertz CT molecular complexity index is 570. The van der Waals surface area contributed by atoms with E-state index in [9.17, 15) is 13.2 Å². The van der Waals surface area contributed by atoms with Crippen LogP contribution < -0.4 is 10.1 Å². The minimum absolute atomic E-state index is 0.00901. The van der Waals surface area contributed by atoms with Crippen LogP contribution in [-0.2, 0) is 6.18 Å². The van der Waals surface area contributed by atoms with E-state index >= 15 is 0 Å². The van der Waals surface area contributed by atoms with E-state index in [1.54, 1.807) is 7.05 Å². The Morgan fingerprint density at radius 1 is 1.15 bits per heavy atom. The highest BCUT2D eigenvalue weighted by molar-refractivity contribution is 5.61. The Hall–Kier alpha value is -2.15. The van der Waals surface area contributed by atoms with Crippen molar-refractivity contribution in [1.82, 2.24) is 15.3 Å². The van der Waals surface area contributed by atoms with E-state index in [0.29, 0.717) is 5.75 Å². The first kappa shape index (κ1) is 14.3. The van der Waals surface area contributed by atoms with Crippen LogP contribution in [-0.4, -0.2) is 23.7 Å². The van der Waals surface area contributed by atoms with Gasteiger partial charge in [0.1, 0.15) is 6.73 Å². The highest BCUT2D eigenvalue weighted by atomic mass is 19.4. The molecule has 1 aromatic heterocycles. The summed E-state index contributed by atoms with van der Waals surface area (Å²) in [4.78, 5) is 7.82. The Kier molecular flexibility index (Phi) is 4.19. The van der Waals surface area contributed by atoms with Crippen LogP contribution in [0, 0.1) is 0 Å². The van der Waals surface area contributed by atoms with Crippen molar-refractivity contribution in [2.24, 2.45) is 0 Å². The quantitative estimate of drug-likeness (QED) is 0.876. The molecule has 0 aliphatic rings. The van der Waals surface area contributed by atoms with Gasteiger partial charge in [-0.1, -0.05) is 18.2 Å². The van der Waals surface area contributed by atoms with E-state index in [4.69, 9.17) is 4.74 Å². The molecule has 2 rings (SSSR count). The fourth-order valence-corrected chi connectivity index (χ4v) is 1.61. The SMILES string of the molecule is CNCOc1cnc(-c2ccccc2C(F)(F)F)nc1. The Morgan fingerprint density at radius 3 is 2.40 bits per heavy atom. The number of nitrogens with one attached hydrogen (secondary N) is 1. The van der Waals surface area contributed by atoms with Gasteiger partial charge >= 0.3 is 6.18 Å². The molecule has 1 heterocycles. The lowest BCUT2D eigenvalue weighted by Gasteiger charge is -2.11. The van der Waals surface area contributed by atoms with Gasteiger partial charge in [-0.25, -0.2) is 9.97 Å². The molecule has 0 aliphatic heterocycles. The van der Waals surface area contributed by atoms with E-state index in [1.165, 1.54) is 30.6 Å². The largest absolute Gasteiger partial charge is 0.475 e. The molecule has 0 radical (unpaired) electrons. The molecule has 4 nitrogen and oxygen atoms in total. The second kappa shape index (κ2) is 5.87. The summed E-state index contributed by atoms with van der Waals surface area (Å²) >= 11 is 0. The number of ether oxygens (including phenoxy) is 1. The monoisotopic (exact) mass is 283 g/mol. The summed E-state index contributed by atoms with van der Waals surface area (Å²) in [5.74, 6) is 0.391. The number of alkyl halides is 3. The van der Waals surface area contributed by atoms with E-state index < -0.39 is 11.7 Å². The van der Waals surface area contributed by atoms with Gasteiger partial charge in [-0.15, -0.1) is 0 Å². The van der Waals surface area contributed by atoms with Gasteiger partial charge in [-0.3, -0.25) is 5.32 Å². The van der Waals surface area contributed by atoms with Crippen LogP contribution in [0.1, 0.15) is 5.56 Å². The summed E-state index contributed by atoms with van der Waals surface area (Å²) in [5, 5.41) is 2.76. The third-order valence-electron chi connectivity index (χ3n) is 2.48. The summed E-state index contributed by atoms with van der Waals surface area (Å²) in [5.41, 5.74) is -0.816. The molecule has 106 valence electrons. The average Bonchev–Trinajstić information content (AvgIpc) is 2.45. The number of benzene rings is 1. The lowest BCUT2D eigenvalue weighted by Crippen LogP contribution is -2.14. The predicted molar refractivity (Wildman–Crippen MR) is 67.0 cm³/mol. The fourth-order valence-electron chi connectivity index (χ4n) is 1.61. The van der Waals surface area contributed by atoms with Crippen LogP contribution in [0.5, 0.6) is 5.75 Å². The van der Waals surface area contributed by atoms with Crippen molar-refractivity contribution >= 4 is 0 Å². The van der Waals surface area contributed by atoms with Crippen molar-refractivity contribution in [3.63, 3.8) is 0 Å². The van der Waals surface area contributed by atoms with Gasteiger partial charge in [0, 0.05) is 5.56 Å². The first-order valence-electron chi connectivity index (χ1n) is 5.78.